The van der Waals surface area contributed by atoms with Gasteiger partial charge in [0.15, 0.2) is 0 Å². The number of carbonyl (C=O) groups is 1. The van der Waals surface area contributed by atoms with E-state index in [0.29, 0.717) is 16.4 Å². The van der Waals surface area contributed by atoms with E-state index >= 15 is 0 Å². The number of hydrogen-bond donors (Lipinski definition) is 0. The molecule has 0 atom stereocenters. The van der Waals surface area contributed by atoms with E-state index in [1.165, 1.54) is 5.56 Å². The number of piperazine rings is 1. The molecule has 1 amide bonds. The van der Waals surface area contributed by atoms with Crippen molar-refractivity contribution < 1.29 is 4.79 Å². The van der Waals surface area contributed by atoms with Gasteiger partial charge in [0.2, 0.25) is 0 Å². The number of halogens is 1. The van der Waals surface area contributed by atoms with Crippen LogP contribution in [0.4, 0.5) is 0 Å². The van der Waals surface area contributed by atoms with Crippen molar-refractivity contribution >= 4 is 17.5 Å². The van der Waals surface area contributed by atoms with Gasteiger partial charge in [0.1, 0.15) is 5.15 Å². The second-order valence-electron chi connectivity index (χ2n) is 6.24. The van der Waals surface area contributed by atoms with E-state index < -0.39 is 0 Å². The van der Waals surface area contributed by atoms with Crippen LogP contribution in [0.15, 0.2) is 30.3 Å². The summed E-state index contributed by atoms with van der Waals surface area (Å²) >= 11 is 6.22. The highest BCUT2D eigenvalue weighted by molar-refractivity contribution is 6.33. The number of amides is 1. The molecule has 1 aliphatic rings. The van der Waals surface area contributed by atoms with Crippen LogP contribution in [0, 0.1) is 6.92 Å². The van der Waals surface area contributed by atoms with Crippen molar-refractivity contribution in [2.75, 3.05) is 32.7 Å². The number of nitrogens with zero attached hydrogens (tertiary/aromatic N) is 4. The summed E-state index contributed by atoms with van der Waals surface area (Å²) in [5.74, 6) is -0.00620. The van der Waals surface area contributed by atoms with E-state index in [1.54, 1.807) is 11.7 Å². The number of aromatic nitrogens is 2. The average Bonchev–Trinajstić information content (AvgIpc) is 2.86. The molecule has 5 nitrogen and oxygen atoms in total. The van der Waals surface area contributed by atoms with Crippen LogP contribution in [0.3, 0.4) is 0 Å². The Morgan fingerprint density at radius 1 is 1.17 bits per heavy atom. The molecule has 6 heteroatoms. The fraction of sp³-hybridized carbons (Fsp3) is 0.444. The molecule has 0 aliphatic carbocycles. The minimum Gasteiger partial charge on any atom is -0.336 e. The van der Waals surface area contributed by atoms with Crippen LogP contribution in [-0.2, 0) is 13.5 Å². The highest BCUT2D eigenvalue weighted by Crippen LogP contribution is 2.21. The third-order valence-electron chi connectivity index (χ3n) is 4.59. The van der Waals surface area contributed by atoms with Crippen LogP contribution in [-0.4, -0.2) is 58.2 Å². The SMILES string of the molecule is Cc1nn(C)c(Cl)c1C(=O)N1CCN(CCc2ccccc2)CC1. The van der Waals surface area contributed by atoms with E-state index in [2.05, 4.69) is 34.3 Å². The Kier molecular flexibility index (Phi) is 5.21. The maximum Gasteiger partial charge on any atom is 0.258 e. The molecule has 0 spiro atoms. The molecule has 3 rings (SSSR count). The van der Waals surface area contributed by atoms with Crippen molar-refractivity contribution in [3.63, 3.8) is 0 Å². The molecule has 1 saturated heterocycles. The van der Waals surface area contributed by atoms with Gasteiger partial charge in [0.25, 0.3) is 5.91 Å². The standard InChI is InChI=1S/C18H23ClN4O/c1-14-16(17(19)21(2)20-14)18(24)23-12-10-22(11-13-23)9-8-15-6-4-3-5-7-15/h3-7H,8-13H2,1-2H3. The summed E-state index contributed by atoms with van der Waals surface area (Å²) in [4.78, 5) is 17.0. The molecule has 0 N–H and O–H groups in total. The monoisotopic (exact) mass is 346 g/mol. The molecule has 2 heterocycles. The molecule has 2 aromatic rings. The van der Waals surface area contributed by atoms with Gasteiger partial charge in [0, 0.05) is 39.8 Å². The highest BCUT2D eigenvalue weighted by Gasteiger charge is 2.27. The van der Waals surface area contributed by atoms with Crippen molar-refractivity contribution in [1.29, 1.82) is 0 Å². The zero-order valence-corrected chi connectivity index (χ0v) is 15.0. The summed E-state index contributed by atoms with van der Waals surface area (Å²) in [5, 5.41) is 4.65. The van der Waals surface area contributed by atoms with Gasteiger partial charge in [-0.2, -0.15) is 5.10 Å². The Morgan fingerprint density at radius 2 is 1.83 bits per heavy atom. The fourth-order valence-electron chi connectivity index (χ4n) is 3.14. The summed E-state index contributed by atoms with van der Waals surface area (Å²) < 4.78 is 1.56. The Bertz CT molecular complexity index is 705. The Hall–Kier alpha value is -1.85. The van der Waals surface area contributed by atoms with Gasteiger partial charge >= 0.3 is 0 Å². The third kappa shape index (κ3) is 3.62. The van der Waals surface area contributed by atoms with Crippen molar-refractivity contribution in [2.45, 2.75) is 13.3 Å². The molecule has 0 saturated carbocycles. The first-order valence-corrected chi connectivity index (χ1v) is 8.68. The third-order valence-corrected chi connectivity index (χ3v) is 5.02. The van der Waals surface area contributed by atoms with Crippen LogP contribution in [0.5, 0.6) is 0 Å². The van der Waals surface area contributed by atoms with Gasteiger partial charge in [-0.1, -0.05) is 41.9 Å². The zero-order valence-electron chi connectivity index (χ0n) is 14.2. The molecule has 0 bridgehead atoms. The second-order valence-corrected chi connectivity index (χ2v) is 6.60. The molecule has 1 aromatic heterocycles. The van der Waals surface area contributed by atoms with Crippen LogP contribution < -0.4 is 0 Å². The van der Waals surface area contributed by atoms with E-state index in [4.69, 9.17) is 11.6 Å². The molecule has 0 radical (unpaired) electrons. The largest absolute Gasteiger partial charge is 0.336 e. The molecule has 1 aromatic carbocycles. The first-order valence-electron chi connectivity index (χ1n) is 8.31. The van der Waals surface area contributed by atoms with E-state index in [-0.39, 0.29) is 5.91 Å². The van der Waals surface area contributed by atoms with Crippen LogP contribution >= 0.6 is 11.6 Å². The van der Waals surface area contributed by atoms with Gasteiger partial charge < -0.3 is 4.90 Å². The molecule has 128 valence electrons. The Balaban J connectivity index is 1.54. The molecule has 0 unspecified atom stereocenters. The number of hydrogen-bond acceptors (Lipinski definition) is 3. The molecule has 1 aliphatic heterocycles. The maximum atomic E-state index is 12.7. The van der Waals surface area contributed by atoms with Gasteiger partial charge in [-0.3, -0.25) is 14.4 Å². The number of benzene rings is 1. The first kappa shape index (κ1) is 17.0. The number of aryl methyl sites for hydroxylation is 2. The van der Waals surface area contributed by atoms with Gasteiger partial charge in [-0.25, -0.2) is 0 Å². The number of rotatable bonds is 4. The Morgan fingerprint density at radius 3 is 2.42 bits per heavy atom. The second kappa shape index (κ2) is 7.36. The minimum atomic E-state index is -0.00620. The molecular weight excluding hydrogens is 324 g/mol. The predicted octanol–water partition coefficient (Wildman–Crippen LogP) is 2.38. The van der Waals surface area contributed by atoms with Crippen molar-refractivity contribution in [2.24, 2.45) is 7.05 Å². The van der Waals surface area contributed by atoms with Crippen LogP contribution in [0.25, 0.3) is 0 Å². The van der Waals surface area contributed by atoms with E-state index in [9.17, 15) is 4.79 Å². The van der Waals surface area contributed by atoms with Crippen molar-refractivity contribution in [1.82, 2.24) is 19.6 Å². The lowest BCUT2D eigenvalue weighted by molar-refractivity contribution is 0.0638. The van der Waals surface area contributed by atoms with E-state index in [0.717, 1.165) is 39.1 Å². The summed E-state index contributed by atoms with van der Waals surface area (Å²) in [7, 11) is 1.76. The maximum absolute atomic E-state index is 12.7. The summed E-state index contributed by atoms with van der Waals surface area (Å²) in [5.41, 5.74) is 2.59. The lowest BCUT2D eigenvalue weighted by Gasteiger charge is -2.34. The van der Waals surface area contributed by atoms with Gasteiger partial charge in [-0.15, -0.1) is 0 Å². The fourth-order valence-corrected chi connectivity index (χ4v) is 3.39. The predicted molar refractivity (Wildman–Crippen MR) is 95.4 cm³/mol. The van der Waals surface area contributed by atoms with Crippen LogP contribution in [0.1, 0.15) is 21.6 Å². The van der Waals surface area contributed by atoms with Gasteiger partial charge in [0.05, 0.1) is 11.3 Å². The van der Waals surface area contributed by atoms with Crippen molar-refractivity contribution in [3.8, 4) is 0 Å². The quantitative estimate of drug-likeness (QED) is 0.853. The zero-order chi connectivity index (χ0) is 17.1. The molecule has 1 fully saturated rings. The average molecular weight is 347 g/mol. The summed E-state index contributed by atoms with van der Waals surface area (Å²) in [6.45, 7) is 6.12. The normalized spacial score (nSPS) is 15.7. The smallest absolute Gasteiger partial charge is 0.258 e. The lowest BCUT2D eigenvalue weighted by Crippen LogP contribution is -2.49. The molecule has 24 heavy (non-hydrogen) atoms. The Labute approximate surface area is 147 Å². The van der Waals surface area contributed by atoms with Crippen molar-refractivity contribution in [3.05, 3.63) is 52.3 Å². The van der Waals surface area contributed by atoms with E-state index in [1.807, 2.05) is 17.9 Å². The highest BCUT2D eigenvalue weighted by atomic mass is 35.5. The minimum absolute atomic E-state index is 0.00620. The topological polar surface area (TPSA) is 41.4 Å². The molecular formula is C18H23ClN4O. The lowest BCUT2D eigenvalue weighted by atomic mass is 10.1. The van der Waals surface area contributed by atoms with Crippen LogP contribution in [0.2, 0.25) is 5.15 Å². The number of carbonyl (C=O) groups excluding carboxylic acids is 1. The first-order chi connectivity index (χ1) is 11.6. The summed E-state index contributed by atoms with van der Waals surface area (Å²) in [6, 6.07) is 10.5. The summed E-state index contributed by atoms with van der Waals surface area (Å²) in [6.07, 6.45) is 1.04. The van der Waals surface area contributed by atoms with Gasteiger partial charge in [-0.05, 0) is 18.9 Å².